The van der Waals surface area contributed by atoms with Gasteiger partial charge in [0.15, 0.2) is 0 Å². The summed E-state index contributed by atoms with van der Waals surface area (Å²) >= 11 is 0. The van der Waals surface area contributed by atoms with E-state index in [2.05, 4.69) is 5.32 Å². The average molecular weight is 391 g/mol. The van der Waals surface area contributed by atoms with Crippen LogP contribution in [0.1, 0.15) is 34.6 Å². The van der Waals surface area contributed by atoms with Crippen LogP contribution in [0.5, 0.6) is 0 Å². The largest absolute Gasteiger partial charge is 0.465 e. The Morgan fingerprint density at radius 1 is 1.19 bits per heavy atom. The van der Waals surface area contributed by atoms with Crippen molar-refractivity contribution in [1.29, 1.82) is 0 Å². The van der Waals surface area contributed by atoms with Gasteiger partial charge in [0.1, 0.15) is 5.60 Å². The van der Waals surface area contributed by atoms with Gasteiger partial charge in [0.2, 0.25) is 0 Å². The van der Waals surface area contributed by atoms with Crippen molar-refractivity contribution in [1.82, 2.24) is 15.1 Å². The number of likely N-dealkylation sites (tertiary alicyclic amines) is 2. The van der Waals surface area contributed by atoms with Crippen molar-refractivity contribution in [3.05, 3.63) is 0 Å². The molecular formula is C17H27F2N3O5. The number of carboxylic acid groups (broad SMARTS) is 1. The van der Waals surface area contributed by atoms with E-state index in [1.54, 1.807) is 34.6 Å². The second-order valence-electron chi connectivity index (χ2n) is 8.79. The van der Waals surface area contributed by atoms with Crippen molar-refractivity contribution >= 4 is 18.1 Å². The molecule has 10 heteroatoms. The van der Waals surface area contributed by atoms with Crippen LogP contribution in [-0.2, 0) is 9.53 Å². The minimum absolute atomic E-state index is 0.0361. The molecule has 0 aliphatic carbocycles. The van der Waals surface area contributed by atoms with Gasteiger partial charge < -0.3 is 20.1 Å². The normalized spacial score (nSPS) is 24.6. The Bertz CT molecular complexity index is 633. The lowest BCUT2D eigenvalue weighted by atomic mass is 9.93. The van der Waals surface area contributed by atoms with E-state index in [4.69, 9.17) is 9.84 Å². The second-order valence-corrected chi connectivity index (χ2v) is 8.79. The zero-order valence-electron chi connectivity index (χ0n) is 16.2. The van der Waals surface area contributed by atoms with E-state index in [9.17, 15) is 23.2 Å². The molecule has 2 heterocycles. The van der Waals surface area contributed by atoms with E-state index < -0.39 is 53.5 Å². The SMILES string of the molecule is CC(C)(C)OC(=O)C(C)(C)CNC(=O)N1CC2C(C1)C(F)(F)CN2C(=O)O. The highest BCUT2D eigenvalue weighted by atomic mass is 19.3. The third-order valence-electron chi connectivity index (χ3n) is 4.78. The van der Waals surface area contributed by atoms with Gasteiger partial charge in [-0.25, -0.2) is 18.4 Å². The molecule has 3 amide bonds. The van der Waals surface area contributed by atoms with Crippen molar-refractivity contribution in [3.8, 4) is 0 Å². The predicted octanol–water partition coefficient (Wildman–Crippen LogP) is 1.99. The summed E-state index contributed by atoms with van der Waals surface area (Å²) in [7, 11) is 0. The number of hydrogen-bond donors (Lipinski definition) is 2. The molecule has 2 unspecified atom stereocenters. The third-order valence-corrected chi connectivity index (χ3v) is 4.78. The number of urea groups is 1. The molecule has 2 fully saturated rings. The van der Waals surface area contributed by atoms with E-state index in [-0.39, 0.29) is 19.6 Å². The second kappa shape index (κ2) is 6.79. The molecule has 0 saturated carbocycles. The first-order valence-electron chi connectivity index (χ1n) is 8.78. The Hall–Kier alpha value is -2.13. The number of alkyl halides is 2. The van der Waals surface area contributed by atoms with Gasteiger partial charge in [0, 0.05) is 19.6 Å². The minimum Gasteiger partial charge on any atom is -0.465 e. The van der Waals surface area contributed by atoms with Crippen LogP contribution in [0.25, 0.3) is 0 Å². The molecule has 0 aromatic carbocycles. The lowest BCUT2D eigenvalue weighted by Crippen LogP contribution is -2.48. The highest BCUT2D eigenvalue weighted by Crippen LogP contribution is 2.42. The molecule has 2 atom stereocenters. The summed E-state index contributed by atoms with van der Waals surface area (Å²) in [6, 6.07) is -1.54. The minimum atomic E-state index is -3.17. The molecule has 2 rings (SSSR count). The Kier molecular flexibility index (Phi) is 5.33. The summed E-state index contributed by atoms with van der Waals surface area (Å²) < 4.78 is 33.4. The summed E-state index contributed by atoms with van der Waals surface area (Å²) in [4.78, 5) is 37.6. The summed E-state index contributed by atoms with van der Waals surface area (Å²) in [5.74, 6) is -4.89. The molecule has 0 bridgehead atoms. The molecule has 0 radical (unpaired) electrons. The summed E-state index contributed by atoms with van der Waals surface area (Å²) in [6.45, 7) is 7.20. The third kappa shape index (κ3) is 4.59. The number of carbonyl (C=O) groups excluding carboxylic acids is 2. The number of hydrogen-bond acceptors (Lipinski definition) is 4. The summed E-state index contributed by atoms with van der Waals surface area (Å²) in [6.07, 6.45) is -1.42. The van der Waals surface area contributed by atoms with Gasteiger partial charge in [0.25, 0.3) is 5.92 Å². The first-order chi connectivity index (χ1) is 12.1. The topological polar surface area (TPSA) is 99.2 Å². The summed E-state index contributed by atoms with van der Waals surface area (Å²) in [5, 5.41) is 11.7. The van der Waals surface area contributed by atoms with Crippen molar-refractivity contribution in [2.24, 2.45) is 11.3 Å². The maximum atomic E-state index is 14.1. The molecule has 2 saturated heterocycles. The van der Waals surface area contributed by atoms with Gasteiger partial charge >= 0.3 is 18.1 Å². The number of nitrogens with one attached hydrogen (secondary N) is 1. The van der Waals surface area contributed by atoms with Crippen molar-refractivity contribution in [2.45, 2.75) is 52.2 Å². The fraction of sp³-hybridized carbons (Fsp3) is 0.824. The number of esters is 1. The lowest BCUT2D eigenvalue weighted by Gasteiger charge is -2.29. The Morgan fingerprint density at radius 2 is 1.78 bits per heavy atom. The quantitative estimate of drug-likeness (QED) is 0.717. The number of rotatable bonds is 3. The molecule has 27 heavy (non-hydrogen) atoms. The van der Waals surface area contributed by atoms with E-state index in [0.717, 1.165) is 0 Å². The monoisotopic (exact) mass is 391 g/mol. The van der Waals surface area contributed by atoms with Crippen LogP contribution >= 0.6 is 0 Å². The van der Waals surface area contributed by atoms with Gasteiger partial charge in [-0.1, -0.05) is 0 Å². The fourth-order valence-electron chi connectivity index (χ4n) is 3.25. The molecular weight excluding hydrogens is 364 g/mol. The van der Waals surface area contributed by atoms with Crippen molar-refractivity contribution < 1.29 is 33.0 Å². The molecule has 0 aromatic rings. The van der Waals surface area contributed by atoms with Gasteiger partial charge in [0.05, 0.1) is 23.9 Å². The van der Waals surface area contributed by atoms with Crippen LogP contribution in [0, 0.1) is 11.3 Å². The Morgan fingerprint density at radius 3 is 2.30 bits per heavy atom. The summed E-state index contributed by atoms with van der Waals surface area (Å²) in [5.41, 5.74) is -1.67. The standard InChI is InChI=1S/C17H27F2N3O5/c1-15(2,3)27-12(23)16(4,5)8-20-13(24)21-6-10-11(7-21)22(14(25)26)9-17(10,18)19/h10-11H,6-9H2,1-5H3,(H,20,24)(H,25,26). The van der Waals surface area contributed by atoms with Gasteiger partial charge in [-0.2, -0.15) is 0 Å². The van der Waals surface area contributed by atoms with Crippen LogP contribution in [0.2, 0.25) is 0 Å². The first kappa shape index (κ1) is 21.2. The molecule has 154 valence electrons. The number of amides is 3. The average Bonchev–Trinajstić information content (AvgIpc) is 3.03. The van der Waals surface area contributed by atoms with Crippen LogP contribution in [0.15, 0.2) is 0 Å². The van der Waals surface area contributed by atoms with Crippen LogP contribution < -0.4 is 5.32 Å². The number of nitrogens with zero attached hydrogens (tertiary/aromatic N) is 2. The molecule has 2 aliphatic heterocycles. The maximum Gasteiger partial charge on any atom is 0.407 e. The van der Waals surface area contributed by atoms with Crippen LogP contribution in [-0.4, -0.2) is 76.7 Å². The smallest absolute Gasteiger partial charge is 0.407 e. The molecule has 8 nitrogen and oxygen atoms in total. The van der Waals surface area contributed by atoms with Crippen molar-refractivity contribution in [3.63, 3.8) is 0 Å². The number of halogens is 2. The zero-order chi connectivity index (χ0) is 20.8. The predicted molar refractivity (Wildman–Crippen MR) is 91.6 cm³/mol. The van der Waals surface area contributed by atoms with E-state index in [1.807, 2.05) is 0 Å². The lowest BCUT2D eigenvalue weighted by molar-refractivity contribution is -0.165. The van der Waals surface area contributed by atoms with Crippen LogP contribution in [0.4, 0.5) is 18.4 Å². The van der Waals surface area contributed by atoms with Crippen LogP contribution in [0.3, 0.4) is 0 Å². The highest BCUT2D eigenvalue weighted by Gasteiger charge is 2.60. The molecule has 0 spiro atoms. The Labute approximate surface area is 156 Å². The molecule has 0 aromatic heterocycles. The van der Waals surface area contributed by atoms with Gasteiger partial charge in [-0.3, -0.25) is 9.69 Å². The van der Waals surface area contributed by atoms with Crippen molar-refractivity contribution in [2.75, 3.05) is 26.2 Å². The van der Waals surface area contributed by atoms with E-state index >= 15 is 0 Å². The fourth-order valence-corrected chi connectivity index (χ4v) is 3.25. The highest BCUT2D eigenvalue weighted by molar-refractivity contribution is 5.79. The number of carbonyl (C=O) groups is 3. The number of fused-ring (bicyclic) bond motifs is 1. The van der Waals surface area contributed by atoms with Gasteiger partial charge in [-0.15, -0.1) is 0 Å². The first-order valence-corrected chi connectivity index (χ1v) is 8.78. The number of ether oxygens (including phenoxy) is 1. The zero-order valence-corrected chi connectivity index (χ0v) is 16.2. The Balaban J connectivity index is 1.96. The van der Waals surface area contributed by atoms with E-state index in [1.165, 1.54) is 4.90 Å². The molecule has 2 N–H and O–H groups in total. The van der Waals surface area contributed by atoms with Gasteiger partial charge in [-0.05, 0) is 34.6 Å². The van der Waals surface area contributed by atoms with E-state index in [0.29, 0.717) is 4.90 Å². The maximum absolute atomic E-state index is 14.1. The molecule has 2 aliphatic rings.